The van der Waals surface area contributed by atoms with Crippen molar-refractivity contribution in [3.63, 3.8) is 0 Å². The van der Waals surface area contributed by atoms with E-state index < -0.39 is 0 Å². The van der Waals surface area contributed by atoms with E-state index in [1.807, 2.05) is 55.5 Å². The van der Waals surface area contributed by atoms with E-state index in [0.29, 0.717) is 23.8 Å². The summed E-state index contributed by atoms with van der Waals surface area (Å²) >= 11 is 0. The maximum Gasteiger partial charge on any atom is 0.255 e. The number of hydrogen-bond donors (Lipinski definition) is 1. The molecule has 0 bridgehead atoms. The van der Waals surface area contributed by atoms with Gasteiger partial charge in [0.05, 0.1) is 5.56 Å². The number of hydrogen-bond acceptors (Lipinski definition) is 2. The molecule has 0 aliphatic rings. The maximum atomic E-state index is 12.4. The van der Waals surface area contributed by atoms with Gasteiger partial charge in [-0.3, -0.25) is 4.79 Å². The number of para-hydroxylation sites is 1. The van der Waals surface area contributed by atoms with Crippen molar-refractivity contribution in [3.8, 4) is 5.75 Å². The average Bonchev–Trinajstić information content (AvgIpc) is 2.54. The van der Waals surface area contributed by atoms with Gasteiger partial charge in [-0.05, 0) is 30.5 Å². The summed E-state index contributed by atoms with van der Waals surface area (Å²) in [4.78, 5) is 12.4. The molecule has 0 aromatic heterocycles. The third-order valence-corrected chi connectivity index (χ3v) is 3.73. The number of benzene rings is 2. The molecule has 2 rings (SSSR count). The van der Waals surface area contributed by atoms with Crippen LogP contribution in [0.25, 0.3) is 0 Å². The lowest BCUT2D eigenvalue weighted by molar-refractivity contribution is 0.0926. The van der Waals surface area contributed by atoms with Crippen molar-refractivity contribution < 1.29 is 9.53 Å². The average molecular weight is 297 g/mol. The molecule has 3 nitrogen and oxygen atoms in total. The van der Waals surface area contributed by atoms with E-state index >= 15 is 0 Å². The van der Waals surface area contributed by atoms with Gasteiger partial charge in [-0.2, -0.15) is 0 Å². The molecule has 0 saturated carbocycles. The van der Waals surface area contributed by atoms with Gasteiger partial charge in [0.1, 0.15) is 12.4 Å². The molecule has 22 heavy (non-hydrogen) atoms. The molecule has 0 unspecified atom stereocenters. The Balaban J connectivity index is 2.08. The van der Waals surface area contributed by atoms with E-state index in [1.165, 1.54) is 0 Å². The van der Waals surface area contributed by atoms with Crippen molar-refractivity contribution in [1.82, 2.24) is 5.32 Å². The normalized spacial score (nSPS) is 12.0. The number of amides is 1. The SMILES string of the molecule is CC(C)[C@@H](C)NC(=O)c1ccccc1OCc1ccccc1. The number of ether oxygens (including phenoxy) is 1. The van der Waals surface area contributed by atoms with Crippen molar-refractivity contribution in [2.24, 2.45) is 5.92 Å². The van der Waals surface area contributed by atoms with Crippen molar-refractivity contribution in [2.75, 3.05) is 0 Å². The minimum Gasteiger partial charge on any atom is -0.488 e. The summed E-state index contributed by atoms with van der Waals surface area (Å²) < 4.78 is 5.83. The molecule has 2 aromatic carbocycles. The van der Waals surface area contributed by atoms with Crippen LogP contribution in [-0.4, -0.2) is 11.9 Å². The van der Waals surface area contributed by atoms with Crippen LogP contribution in [0.4, 0.5) is 0 Å². The van der Waals surface area contributed by atoms with E-state index in [0.717, 1.165) is 5.56 Å². The van der Waals surface area contributed by atoms with Gasteiger partial charge in [-0.15, -0.1) is 0 Å². The van der Waals surface area contributed by atoms with Crippen LogP contribution in [0, 0.1) is 5.92 Å². The Morgan fingerprint density at radius 2 is 1.64 bits per heavy atom. The van der Waals surface area contributed by atoms with Crippen LogP contribution in [0.2, 0.25) is 0 Å². The largest absolute Gasteiger partial charge is 0.488 e. The zero-order valence-electron chi connectivity index (χ0n) is 13.4. The van der Waals surface area contributed by atoms with E-state index in [1.54, 1.807) is 6.07 Å². The molecule has 0 fully saturated rings. The van der Waals surface area contributed by atoms with Crippen LogP contribution < -0.4 is 10.1 Å². The molecule has 0 spiro atoms. The van der Waals surface area contributed by atoms with Gasteiger partial charge in [-0.25, -0.2) is 0 Å². The van der Waals surface area contributed by atoms with Gasteiger partial charge in [0.15, 0.2) is 0 Å². The van der Waals surface area contributed by atoms with E-state index in [2.05, 4.69) is 19.2 Å². The highest BCUT2D eigenvalue weighted by Gasteiger charge is 2.16. The van der Waals surface area contributed by atoms with Crippen LogP contribution >= 0.6 is 0 Å². The second kappa shape index (κ2) is 7.64. The lowest BCUT2D eigenvalue weighted by Gasteiger charge is -2.18. The first-order valence-electron chi connectivity index (χ1n) is 7.64. The minimum atomic E-state index is -0.0927. The highest BCUT2D eigenvalue weighted by Crippen LogP contribution is 2.20. The molecule has 1 N–H and O–H groups in total. The zero-order valence-corrected chi connectivity index (χ0v) is 13.4. The van der Waals surface area contributed by atoms with E-state index in [-0.39, 0.29) is 11.9 Å². The van der Waals surface area contributed by atoms with Crippen LogP contribution in [0.1, 0.15) is 36.7 Å². The smallest absolute Gasteiger partial charge is 0.255 e. The molecule has 1 amide bonds. The van der Waals surface area contributed by atoms with E-state index in [9.17, 15) is 4.79 Å². The molecular formula is C19H23NO2. The zero-order chi connectivity index (χ0) is 15.9. The Morgan fingerprint density at radius 1 is 1.00 bits per heavy atom. The molecule has 2 aromatic rings. The fourth-order valence-electron chi connectivity index (χ4n) is 1.97. The predicted molar refractivity (Wildman–Crippen MR) is 89.0 cm³/mol. The van der Waals surface area contributed by atoms with Crippen molar-refractivity contribution in [1.29, 1.82) is 0 Å². The van der Waals surface area contributed by atoms with Gasteiger partial charge in [0, 0.05) is 6.04 Å². The predicted octanol–water partition coefficient (Wildman–Crippen LogP) is 4.04. The lowest BCUT2D eigenvalue weighted by Crippen LogP contribution is -2.36. The molecule has 0 aliphatic carbocycles. The molecule has 0 saturated heterocycles. The van der Waals surface area contributed by atoms with Gasteiger partial charge in [0.25, 0.3) is 5.91 Å². The molecular weight excluding hydrogens is 274 g/mol. The molecule has 0 radical (unpaired) electrons. The fourth-order valence-corrected chi connectivity index (χ4v) is 1.97. The quantitative estimate of drug-likeness (QED) is 0.874. The monoisotopic (exact) mass is 297 g/mol. The molecule has 3 heteroatoms. The standard InChI is InChI=1S/C19H23NO2/c1-14(2)15(3)20-19(21)17-11-7-8-12-18(17)22-13-16-9-5-4-6-10-16/h4-12,14-15H,13H2,1-3H3,(H,20,21)/t15-/m1/s1. The first kappa shape index (κ1) is 16.1. The summed E-state index contributed by atoms with van der Waals surface area (Å²) in [5, 5.41) is 3.02. The summed E-state index contributed by atoms with van der Waals surface area (Å²) in [7, 11) is 0. The number of carbonyl (C=O) groups excluding carboxylic acids is 1. The molecule has 1 atom stereocenters. The second-order valence-electron chi connectivity index (χ2n) is 5.78. The second-order valence-corrected chi connectivity index (χ2v) is 5.78. The van der Waals surface area contributed by atoms with Gasteiger partial charge < -0.3 is 10.1 Å². The highest BCUT2D eigenvalue weighted by molar-refractivity contribution is 5.97. The summed E-state index contributed by atoms with van der Waals surface area (Å²) in [5.41, 5.74) is 1.65. The molecule has 0 heterocycles. The Hall–Kier alpha value is -2.29. The third kappa shape index (κ3) is 4.35. The maximum absolute atomic E-state index is 12.4. The van der Waals surface area contributed by atoms with Crippen molar-refractivity contribution >= 4 is 5.91 Å². The molecule has 0 aliphatic heterocycles. The Bertz CT molecular complexity index is 608. The fraction of sp³-hybridized carbons (Fsp3) is 0.316. The molecule has 116 valence electrons. The number of rotatable bonds is 6. The Labute approximate surface area is 132 Å². The first-order valence-corrected chi connectivity index (χ1v) is 7.64. The van der Waals surface area contributed by atoms with Crippen LogP contribution in [0.5, 0.6) is 5.75 Å². The van der Waals surface area contributed by atoms with Crippen molar-refractivity contribution in [3.05, 3.63) is 65.7 Å². The van der Waals surface area contributed by atoms with Crippen LogP contribution in [0.15, 0.2) is 54.6 Å². The topological polar surface area (TPSA) is 38.3 Å². The first-order chi connectivity index (χ1) is 10.6. The number of nitrogens with one attached hydrogen (secondary N) is 1. The minimum absolute atomic E-state index is 0.0927. The summed E-state index contributed by atoms with van der Waals surface area (Å²) in [6.07, 6.45) is 0. The van der Waals surface area contributed by atoms with Crippen molar-refractivity contribution in [2.45, 2.75) is 33.4 Å². The summed E-state index contributed by atoms with van der Waals surface area (Å²) in [6.45, 7) is 6.63. The summed E-state index contributed by atoms with van der Waals surface area (Å²) in [6, 6.07) is 17.4. The Kier molecular flexibility index (Phi) is 5.59. The third-order valence-electron chi connectivity index (χ3n) is 3.73. The number of carbonyl (C=O) groups is 1. The van der Waals surface area contributed by atoms with Gasteiger partial charge >= 0.3 is 0 Å². The summed E-state index contributed by atoms with van der Waals surface area (Å²) in [5.74, 6) is 0.908. The van der Waals surface area contributed by atoms with Crippen LogP contribution in [-0.2, 0) is 6.61 Å². The lowest BCUT2D eigenvalue weighted by atomic mass is 10.1. The van der Waals surface area contributed by atoms with E-state index in [4.69, 9.17) is 4.74 Å². The van der Waals surface area contributed by atoms with Gasteiger partial charge in [-0.1, -0.05) is 56.3 Å². The highest BCUT2D eigenvalue weighted by atomic mass is 16.5. The Morgan fingerprint density at radius 3 is 2.32 bits per heavy atom. The van der Waals surface area contributed by atoms with Gasteiger partial charge in [0.2, 0.25) is 0 Å². The van der Waals surface area contributed by atoms with Crippen LogP contribution in [0.3, 0.4) is 0 Å².